The summed E-state index contributed by atoms with van der Waals surface area (Å²) in [6.07, 6.45) is 1.31. The lowest BCUT2D eigenvalue weighted by Gasteiger charge is -2.25. The number of nitrogens with one attached hydrogen (secondary N) is 2. The van der Waals surface area contributed by atoms with E-state index >= 15 is 0 Å². The first kappa shape index (κ1) is 19.7. The third kappa shape index (κ3) is 4.11. The second-order valence-electron chi connectivity index (χ2n) is 6.02. The fraction of sp³-hybridized carbons (Fsp3) is 0.353. The molecule has 0 saturated carbocycles. The zero-order chi connectivity index (χ0) is 19.6. The Hall–Kier alpha value is -2.07. The van der Waals surface area contributed by atoms with Crippen molar-refractivity contribution in [3.63, 3.8) is 0 Å². The zero-order valence-corrected chi connectivity index (χ0v) is 16.5. The maximum atomic E-state index is 12.6. The summed E-state index contributed by atoms with van der Waals surface area (Å²) in [5.74, 6) is -0.0786. The van der Waals surface area contributed by atoms with Crippen molar-refractivity contribution in [3.05, 3.63) is 40.7 Å². The van der Waals surface area contributed by atoms with Gasteiger partial charge >= 0.3 is 0 Å². The Kier molecular flexibility index (Phi) is 5.75. The molecule has 0 bridgehead atoms. The summed E-state index contributed by atoms with van der Waals surface area (Å²) in [6, 6.07) is 4.61. The molecule has 0 aliphatic carbocycles. The number of halogens is 1. The number of sulfonamides is 1. The van der Waals surface area contributed by atoms with Crippen LogP contribution in [0.3, 0.4) is 0 Å². The number of ether oxygens (including phenoxy) is 2. The molecule has 2 aromatic rings. The van der Waals surface area contributed by atoms with Crippen molar-refractivity contribution in [2.24, 2.45) is 0 Å². The molecular formula is C17H20ClN3O5S. The van der Waals surface area contributed by atoms with E-state index in [4.69, 9.17) is 21.1 Å². The van der Waals surface area contributed by atoms with Crippen LogP contribution in [-0.4, -0.2) is 57.0 Å². The second kappa shape index (κ2) is 7.89. The normalized spacial score (nSPS) is 15.5. The number of aryl methyl sites for hydroxylation is 1. The van der Waals surface area contributed by atoms with E-state index in [-0.39, 0.29) is 23.7 Å². The summed E-state index contributed by atoms with van der Waals surface area (Å²) in [4.78, 5) is 15.3. The molecule has 0 spiro atoms. The maximum absolute atomic E-state index is 12.6. The van der Waals surface area contributed by atoms with E-state index in [9.17, 15) is 13.2 Å². The van der Waals surface area contributed by atoms with Crippen molar-refractivity contribution in [1.29, 1.82) is 0 Å². The minimum absolute atomic E-state index is 0.0359. The van der Waals surface area contributed by atoms with E-state index in [1.807, 2.05) is 0 Å². The van der Waals surface area contributed by atoms with E-state index in [0.717, 1.165) is 5.56 Å². The van der Waals surface area contributed by atoms with Crippen molar-refractivity contribution in [2.75, 3.05) is 38.7 Å². The molecule has 1 aliphatic heterocycles. The van der Waals surface area contributed by atoms with Gasteiger partial charge in [0.15, 0.2) is 0 Å². The van der Waals surface area contributed by atoms with Crippen molar-refractivity contribution < 1.29 is 22.7 Å². The number of carbonyl (C=O) groups is 1. The Labute approximate surface area is 162 Å². The molecule has 1 saturated heterocycles. The Morgan fingerprint density at radius 3 is 2.67 bits per heavy atom. The number of aromatic amines is 1. The highest BCUT2D eigenvalue weighted by Gasteiger charge is 2.28. The van der Waals surface area contributed by atoms with Gasteiger partial charge in [-0.2, -0.15) is 4.31 Å². The van der Waals surface area contributed by atoms with Crippen LogP contribution in [0.4, 0.5) is 5.69 Å². The van der Waals surface area contributed by atoms with Crippen LogP contribution in [0.2, 0.25) is 5.02 Å². The molecule has 146 valence electrons. The van der Waals surface area contributed by atoms with Crippen LogP contribution in [0.15, 0.2) is 29.3 Å². The first-order valence-corrected chi connectivity index (χ1v) is 10.1. The van der Waals surface area contributed by atoms with Crippen molar-refractivity contribution >= 4 is 33.2 Å². The van der Waals surface area contributed by atoms with Crippen LogP contribution in [0.25, 0.3) is 0 Å². The lowest BCUT2D eigenvalue weighted by molar-refractivity contribution is 0.0730. The number of amides is 1. The molecule has 27 heavy (non-hydrogen) atoms. The SMILES string of the molecule is COc1cc(Cl)c(C)cc1NC(=O)c1cc(S(=O)(=O)N2CCOCC2)c[nH]1. The van der Waals surface area contributed by atoms with Crippen LogP contribution >= 0.6 is 11.6 Å². The molecule has 1 aromatic carbocycles. The Morgan fingerprint density at radius 1 is 1.30 bits per heavy atom. The van der Waals surface area contributed by atoms with Crippen LogP contribution in [-0.2, 0) is 14.8 Å². The summed E-state index contributed by atoms with van der Waals surface area (Å²) in [5.41, 5.74) is 1.34. The fourth-order valence-electron chi connectivity index (χ4n) is 2.71. The molecule has 0 atom stereocenters. The Bertz CT molecular complexity index is 951. The summed E-state index contributed by atoms with van der Waals surface area (Å²) in [5, 5.41) is 3.23. The number of H-pyrrole nitrogens is 1. The molecule has 1 aliphatic rings. The number of hydrogen-bond acceptors (Lipinski definition) is 5. The highest BCUT2D eigenvalue weighted by Crippen LogP contribution is 2.31. The van der Waals surface area contributed by atoms with E-state index in [0.29, 0.717) is 29.7 Å². The molecule has 1 fully saturated rings. The van der Waals surface area contributed by atoms with Crippen molar-refractivity contribution in [2.45, 2.75) is 11.8 Å². The zero-order valence-electron chi connectivity index (χ0n) is 14.9. The van der Waals surface area contributed by atoms with Crippen LogP contribution in [0, 0.1) is 6.92 Å². The van der Waals surface area contributed by atoms with E-state index in [1.54, 1.807) is 19.1 Å². The lowest BCUT2D eigenvalue weighted by Crippen LogP contribution is -2.40. The lowest BCUT2D eigenvalue weighted by atomic mass is 10.2. The number of morpholine rings is 1. The topological polar surface area (TPSA) is 101 Å². The third-order valence-electron chi connectivity index (χ3n) is 4.24. The summed E-state index contributed by atoms with van der Waals surface area (Å²) >= 11 is 6.07. The molecule has 2 heterocycles. The molecule has 1 amide bonds. The van der Waals surface area contributed by atoms with Crippen LogP contribution < -0.4 is 10.1 Å². The quantitative estimate of drug-likeness (QED) is 0.783. The van der Waals surface area contributed by atoms with Crippen molar-refractivity contribution in [1.82, 2.24) is 9.29 Å². The molecule has 8 nitrogen and oxygen atoms in total. The minimum atomic E-state index is -3.67. The fourth-order valence-corrected chi connectivity index (χ4v) is 4.27. The van der Waals surface area contributed by atoms with Gasteiger partial charge in [-0.25, -0.2) is 8.42 Å². The third-order valence-corrected chi connectivity index (χ3v) is 6.52. The molecule has 0 unspecified atom stereocenters. The largest absolute Gasteiger partial charge is 0.495 e. The summed E-state index contributed by atoms with van der Waals surface area (Å²) < 4.78 is 37.1. The summed E-state index contributed by atoms with van der Waals surface area (Å²) in [6.45, 7) is 3.09. The number of nitrogens with zero attached hydrogens (tertiary/aromatic N) is 1. The number of benzene rings is 1. The smallest absolute Gasteiger partial charge is 0.272 e. The Morgan fingerprint density at radius 2 is 2.00 bits per heavy atom. The monoisotopic (exact) mass is 413 g/mol. The molecule has 1 aromatic heterocycles. The van der Waals surface area contributed by atoms with Crippen LogP contribution in [0.1, 0.15) is 16.1 Å². The number of hydrogen-bond donors (Lipinski definition) is 2. The average Bonchev–Trinajstić information content (AvgIpc) is 3.16. The van der Waals surface area contributed by atoms with Gasteiger partial charge in [-0.05, 0) is 24.6 Å². The first-order valence-electron chi connectivity index (χ1n) is 8.24. The molecule has 10 heteroatoms. The molecule has 2 N–H and O–H groups in total. The van der Waals surface area contributed by atoms with E-state index in [1.165, 1.54) is 23.7 Å². The number of methoxy groups -OCH3 is 1. The standard InChI is InChI=1S/C17H20ClN3O5S/c1-11-7-14(16(25-2)9-13(11)18)20-17(22)15-8-12(10-19-15)27(23,24)21-3-5-26-6-4-21/h7-10,19H,3-6H2,1-2H3,(H,20,22). The van der Waals surface area contributed by atoms with Gasteiger partial charge < -0.3 is 19.8 Å². The first-order chi connectivity index (χ1) is 12.8. The molecular weight excluding hydrogens is 394 g/mol. The average molecular weight is 414 g/mol. The highest BCUT2D eigenvalue weighted by molar-refractivity contribution is 7.89. The molecule has 3 rings (SSSR count). The number of aromatic nitrogens is 1. The van der Waals surface area contributed by atoms with Gasteiger partial charge in [-0.15, -0.1) is 0 Å². The van der Waals surface area contributed by atoms with Gasteiger partial charge in [0.2, 0.25) is 10.0 Å². The predicted octanol–water partition coefficient (Wildman–Crippen LogP) is 2.26. The Balaban J connectivity index is 1.80. The minimum Gasteiger partial charge on any atom is -0.495 e. The van der Waals surface area contributed by atoms with Crippen LogP contribution in [0.5, 0.6) is 5.75 Å². The van der Waals surface area contributed by atoms with Gasteiger partial charge in [-0.3, -0.25) is 4.79 Å². The summed E-state index contributed by atoms with van der Waals surface area (Å²) in [7, 11) is -2.20. The van der Waals surface area contributed by atoms with Gasteiger partial charge in [0.25, 0.3) is 5.91 Å². The number of carbonyl (C=O) groups excluding carboxylic acids is 1. The maximum Gasteiger partial charge on any atom is 0.272 e. The molecule has 0 radical (unpaired) electrons. The van der Waals surface area contributed by atoms with Gasteiger partial charge in [-0.1, -0.05) is 11.6 Å². The van der Waals surface area contributed by atoms with E-state index < -0.39 is 15.9 Å². The van der Waals surface area contributed by atoms with Gasteiger partial charge in [0, 0.05) is 30.4 Å². The number of rotatable bonds is 5. The highest BCUT2D eigenvalue weighted by atomic mass is 35.5. The van der Waals surface area contributed by atoms with E-state index in [2.05, 4.69) is 10.3 Å². The van der Waals surface area contributed by atoms with Gasteiger partial charge in [0.1, 0.15) is 16.3 Å². The van der Waals surface area contributed by atoms with Gasteiger partial charge in [0.05, 0.1) is 26.0 Å². The second-order valence-corrected chi connectivity index (χ2v) is 8.37. The predicted molar refractivity (Wildman–Crippen MR) is 101 cm³/mol. The van der Waals surface area contributed by atoms with Crippen molar-refractivity contribution in [3.8, 4) is 5.75 Å². The number of anilines is 1.